The van der Waals surface area contributed by atoms with E-state index in [1.165, 1.54) is 5.56 Å². The number of fused-ring (bicyclic) bond motifs is 5. The number of nitrogens with one attached hydrogen (secondary N) is 1. The monoisotopic (exact) mass is 327 g/mol. The summed E-state index contributed by atoms with van der Waals surface area (Å²) in [6, 6.07) is 3.91. The summed E-state index contributed by atoms with van der Waals surface area (Å²) in [4.78, 5) is 18.8. The Morgan fingerprint density at radius 3 is 2.58 bits per heavy atom. The van der Waals surface area contributed by atoms with Crippen molar-refractivity contribution in [3.8, 4) is 0 Å². The largest absolute Gasteiger partial charge is 0.366 e. The van der Waals surface area contributed by atoms with Gasteiger partial charge in [0, 0.05) is 31.1 Å². The maximum Gasteiger partial charge on any atom is 0.323 e. The number of ether oxygens (including phenoxy) is 1. The Morgan fingerprint density at radius 2 is 2.00 bits per heavy atom. The van der Waals surface area contributed by atoms with Crippen molar-refractivity contribution in [2.45, 2.75) is 38.9 Å². The lowest BCUT2D eigenvalue weighted by Crippen LogP contribution is -2.35. The van der Waals surface area contributed by atoms with E-state index in [-0.39, 0.29) is 18.2 Å². The van der Waals surface area contributed by atoms with Gasteiger partial charge < -0.3 is 9.64 Å². The zero-order chi connectivity index (χ0) is 16.7. The number of aromatic nitrogens is 1. The minimum atomic E-state index is -0.0498. The van der Waals surface area contributed by atoms with Crippen molar-refractivity contribution in [2.24, 2.45) is 17.8 Å². The highest BCUT2D eigenvalue weighted by Gasteiger charge is 2.51. The topological polar surface area (TPSA) is 54.5 Å². The molecule has 3 aliphatic rings. The van der Waals surface area contributed by atoms with Gasteiger partial charge in [0.25, 0.3) is 0 Å². The summed E-state index contributed by atoms with van der Waals surface area (Å²) >= 11 is 0. The molecule has 24 heavy (non-hydrogen) atoms. The Bertz CT molecular complexity index is 621. The first-order valence-electron chi connectivity index (χ1n) is 8.95. The van der Waals surface area contributed by atoms with Gasteiger partial charge in [-0.05, 0) is 30.4 Å². The summed E-state index contributed by atoms with van der Waals surface area (Å²) in [5.74, 6) is 2.23. The molecule has 2 amide bonds. The molecule has 2 saturated heterocycles. The number of aryl methyl sites for hydroxylation is 1. The molecule has 3 aliphatic heterocycles. The average molecular weight is 327 g/mol. The van der Waals surface area contributed by atoms with E-state index in [4.69, 9.17) is 4.74 Å². The third kappa shape index (κ3) is 2.93. The van der Waals surface area contributed by atoms with Crippen molar-refractivity contribution in [1.29, 1.82) is 0 Å². The molecular weight excluding hydrogens is 302 g/mol. The van der Waals surface area contributed by atoms with Crippen LogP contribution in [-0.2, 0) is 11.2 Å². The molecule has 2 fully saturated rings. The Morgan fingerprint density at radius 1 is 1.29 bits per heavy atom. The van der Waals surface area contributed by atoms with Crippen LogP contribution in [0.4, 0.5) is 10.6 Å². The predicted octanol–water partition coefficient (Wildman–Crippen LogP) is 3.09. The number of anilines is 1. The second kappa shape index (κ2) is 6.20. The SMILES string of the molecule is CC(C)CCc1ccc(NC(=O)N2CC3C4C=CC(O4)C3C2)nc1. The van der Waals surface area contributed by atoms with Crippen LogP contribution in [0.25, 0.3) is 0 Å². The van der Waals surface area contributed by atoms with E-state index in [0.29, 0.717) is 23.6 Å². The maximum atomic E-state index is 12.5. The summed E-state index contributed by atoms with van der Waals surface area (Å²) in [6.07, 6.45) is 8.75. The Kier molecular flexibility index (Phi) is 4.04. The normalized spacial score (nSPS) is 30.2. The van der Waals surface area contributed by atoms with Crippen molar-refractivity contribution in [2.75, 3.05) is 18.4 Å². The predicted molar refractivity (Wildman–Crippen MR) is 92.8 cm³/mol. The zero-order valence-corrected chi connectivity index (χ0v) is 14.3. The molecule has 4 rings (SSSR count). The number of urea groups is 1. The molecule has 128 valence electrons. The van der Waals surface area contributed by atoms with Crippen molar-refractivity contribution in [3.05, 3.63) is 36.0 Å². The molecule has 0 saturated carbocycles. The molecule has 1 N–H and O–H groups in total. The highest BCUT2D eigenvalue weighted by atomic mass is 16.5. The fourth-order valence-electron chi connectivity index (χ4n) is 3.98. The van der Waals surface area contributed by atoms with Gasteiger partial charge >= 0.3 is 6.03 Å². The maximum absolute atomic E-state index is 12.5. The Balaban J connectivity index is 1.32. The first-order chi connectivity index (χ1) is 11.6. The van der Waals surface area contributed by atoms with Gasteiger partial charge in [-0.3, -0.25) is 5.32 Å². The third-order valence-electron chi connectivity index (χ3n) is 5.42. The molecule has 5 nitrogen and oxygen atoms in total. The van der Waals surface area contributed by atoms with Gasteiger partial charge in [-0.1, -0.05) is 32.1 Å². The van der Waals surface area contributed by atoms with Gasteiger partial charge in [0.05, 0.1) is 12.2 Å². The van der Waals surface area contributed by atoms with Crippen LogP contribution in [0.15, 0.2) is 30.5 Å². The standard InChI is InChI=1S/C19H25N3O2/c1-12(2)3-4-13-5-8-18(20-9-13)21-19(23)22-10-14-15(11-22)17-7-6-16(14)24-17/h5-9,12,14-17H,3-4,10-11H2,1-2H3,(H,20,21,23). The molecule has 0 aromatic carbocycles. The van der Waals surface area contributed by atoms with Crippen molar-refractivity contribution >= 4 is 11.8 Å². The van der Waals surface area contributed by atoms with Crippen LogP contribution < -0.4 is 5.32 Å². The fraction of sp³-hybridized carbons (Fsp3) is 0.579. The molecule has 1 aromatic rings. The Hall–Kier alpha value is -1.88. The smallest absolute Gasteiger partial charge is 0.323 e. The van der Waals surface area contributed by atoms with Crippen molar-refractivity contribution < 1.29 is 9.53 Å². The molecule has 4 atom stereocenters. The average Bonchev–Trinajstić information content (AvgIpc) is 3.26. The first kappa shape index (κ1) is 15.6. The summed E-state index contributed by atoms with van der Waals surface area (Å²) in [5, 5.41) is 2.93. The number of hydrogen-bond donors (Lipinski definition) is 1. The zero-order valence-electron chi connectivity index (χ0n) is 14.3. The van der Waals surface area contributed by atoms with E-state index in [1.807, 2.05) is 17.2 Å². The van der Waals surface area contributed by atoms with Crippen LogP contribution in [0.5, 0.6) is 0 Å². The van der Waals surface area contributed by atoms with Gasteiger partial charge in [0.15, 0.2) is 0 Å². The van der Waals surface area contributed by atoms with Crippen LogP contribution >= 0.6 is 0 Å². The highest BCUT2D eigenvalue weighted by Crippen LogP contribution is 2.43. The fourth-order valence-corrected chi connectivity index (χ4v) is 3.98. The van der Waals surface area contributed by atoms with Gasteiger partial charge in [-0.2, -0.15) is 0 Å². The highest BCUT2D eigenvalue weighted by molar-refractivity contribution is 5.88. The number of carbonyl (C=O) groups is 1. The molecule has 1 aromatic heterocycles. The van der Waals surface area contributed by atoms with E-state index in [2.05, 4.69) is 42.4 Å². The molecule has 0 spiro atoms. The molecule has 0 aliphatic carbocycles. The first-order valence-corrected chi connectivity index (χ1v) is 8.95. The number of amides is 2. The molecule has 5 heteroatoms. The summed E-state index contributed by atoms with van der Waals surface area (Å²) < 4.78 is 5.86. The van der Waals surface area contributed by atoms with E-state index < -0.39 is 0 Å². The van der Waals surface area contributed by atoms with Crippen LogP contribution in [-0.4, -0.2) is 41.2 Å². The van der Waals surface area contributed by atoms with Crippen molar-refractivity contribution in [1.82, 2.24) is 9.88 Å². The van der Waals surface area contributed by atoms with Crippen LogP contribution in [0.2, 0.25) is 0 Å². The Labute approximate surface area is 143 Å². The van der Waals surface area contributed by atoms with E-state index in [9.17, 15) is 4.79 Å². The summed E-state index contributed by atoms with van der Waals surface area (Å²) in [6.45, 7) is 5.99. The minimum absolute atomic E-state index is 0.0498. The van der Waals surface area contributed by atoms with E-state index >= 15 is 0 Å². The lowest BCUT2D eigenvalue weighted by atomic mass is 9.86. The number of nitrogens with zero attached hydrogens (tertiary/aromatic N) is 2. The summed E-state index contributed by atoms with van der Waals surface area (Å²) in [7, 11) is 0. The van der Waals surface area contributed by atoms with Gasteiger partial charge in [-0.25, -0.2) is 9.78 Å². The lowest BCUT2D eigenvalue weighted by Gasteiger charge is -2.19. The number of likely N-dealkylation sites (tertiary alicyclic amines) is 1. The van der Waals surface area contributed by atoms with Gasteiger partial charge in [0.2, 0.25) is 0 Å². The van der Waals surface area contributed by atoms with Crippen LogP contribution in [0.1, 0.15) is 25.8 Å². The van der Waals surface area contributed by atoms with Crippen LogP contribution in [0.3, 0.4) is 0 Å². The van der Waals surface area contributed by atoms with Gasteiger partial charge in [0.1, 0.15) is 5.82 Å². The minimum Gasteiger partial charge on any atom is -0.366 e. The van der Waals surface area contributed by atoms with E-state index in [1.54, 1.807) is 0 Å². The molecular formula is C19H25N3O2. The number of pyridine rings is 1. The quantitative estimate of drug-likeness (QED) is 0.865. The number of carbonyl (C=O) groups excluding carboxylic acids is 1. The van der Waals surface area contributed by atoms with E-state index in [0.717, 1.165) is 25.9 Å². The second-order valence-corrected chi connectivity index (χ2v) is 7.60. The third-order valence-corrected chi connectivity index (χ3v) is 5.42. The lowest BCUT2D eigenvalue weighted by molar-refractivity contribution is 0.0892. The van der Waals surface area contributed by atoms with Gasteiger partial charge in [-0.15, -0.1) is 0 Å². The molecule has 2 bridgehead atoms. The second-order valence-electron chi connectivity index (χ2n) is 7.60. The number of rotatable bonds is 4. The molecule has 4 unspecified atom stereocenters. The van der Waals surface area contributed by atoms with Crippen molar-refractivity contribution in [3.63, 3.8) is 0 Å². The summed E-state index contributed by atoms with van der Waals surface area (Å²) in [5.41, 5.74) is 1.22. The van der Waals surface area contributed by atoms with Crippen LogP contribution in [0, 0.1) is 17.8 Å². The number of hydrogen-bond acceptors (Lipinski definition) is 3. The molecule has 4 heterocycles. The molecule has 0 radical (unpaired) electrons.